The third-order valence-corrected chi connectivity index (χ3v) is 13.8. The van der Waals surface area contributed by atoms with E-state index in [-0.39, 0.29) is 5.41 Å². The molecule has 0 bridgehead atoms. The maximum absolute atomic E-state index is 13.2. The Kier molecular flexibility index (Phi) is 6.16. The second-order valence-corrected chi connectivity index (χ2v) is 14.8. The lowest BCUT2D eigenvalue weighted by Gasteiger charge is -2.56. The van der Waals surface area contributed by atoms with Gasteiger partial charge in [-0.2, -0.15) is 0 Å². The number of benzene rings is 1. The van der Waals surface area contributed by atoms with Crippen molar-refractivity contribution in [3.05, 3.63) is 41.5 Å². The highest BCUT2D eigenvalue weighted by molar-refractivity contribution is 8.21. The van der Waals surface area contributed by atoms with Crippen LogP contribution in [0.1, 0.15) is 77.2 Å². The molecule has 34 heavy (non-hydrogen) atoms. The first kappa shape index (κ1) is 23.5. The molecule has 1 spiro atoms. The molecule has 0 aromatic heterocycles. The SMILES string of the molecule is CCN(CC)c1ccc([C@H]2C[C@]3(C)C(=O)CC[C@H]3[C@@H]3CCC4=CC5(CC[C@@H]4[C@H]32)SCCS5)cc1. The highest BCUT2D eigenvalue weighted by Gasteiger charge is 2.60. The second-order valence-electron chi connectivity index (χ2n) is 11.7. The molecule has 0 amide bonds. The molecular weight excluding hydrogens is 454 g/mol. The molecule has 1 aliphatic heterocycles. The predicted molar refractivity (Wildman–Crippen MR) is 148 cm³/mol. The number of ketones is 1. The van der Waals surface area contributed by atoms with E-state index in [4.69, 9.17) is 0 Å². The van der Waals surface area contributed by atoms with Gasteiger partial charge in [-0.15, -0.1) is 23.5 Å². The maximum Gasteiger partial charge on any atom is 0.139 e. The van der Waals surface area contributed by atoms with Crippen LogP contribution < -0.4 is 4.90 Å². The van der Waals surface area contributed by atoms with Crippen LogP contribution in [0.4, 0.5) is 5.69 Å². The molecule has 1 saturated heterocycles. The highest BCUT2D eigenvalue weighted by atomic mass is 32.2. The number of Topliss-reactive ketones (excluding diaryl/α,β-unsaturated/α-hetero) is 1. The molecule has 0 unspecified atom stereocenters. The van der Waals surface area contributed by atoms with E-state index < -0.39 is 0 Å². The summed E-state index contributed by atoms with van der Waals surface area (Å²) in [5, 5.41) is 0. The quantitative estimate of drug-likeness (QED) is 0.402. The Balaban J connectivity index is 1.38. The summed E-state index contributed by atoms with van der Waals surface area (Å²) in [5.41, 5.74) is 4.52. The van der Waals surface area contributed by atoms with Gasteiger partial charge in [-0.1, -0.05) is 30.7 Å². The molecule has 184 valence electrons. The van der Waals surface area contributed by atoms with Crippen molar-refractivity contribution in [2.24, 2.45) is 29.1 Å². The minimum atomic E-state index is -0.0996. The normalized spacial score (nSPS) is 38.3. The van der Waals surface area contributed by atoms with Crippen LogP contribution in [0, 0.1) is 29.1 Å². The number of carbonyl (C=O) groups excluding carboxylic acids is 1. The maximum atomic E-state index is 13.2. The van der Waals surface area contributed by atoms with Crippen molar-refractivity contribution in [3.8, 4) is 0 Å². The number of fused-ring (bicyclic) bond motifs is 5. The molecule has 1 aromatic carbocycles. The van der Waals surface area contributed by atoms with E-state index in [1.165, 1.54) is 48.4 Å². The highest BCUT2D eigenvalue weighted by Crippen LogP contribution is 2.66. The van der Waals surface area contributed by atoms with Gasteiger partial charge in [0.25, 0.3) is 0 Å². The average Bonchev–Trinajstić information content (AvgIpc) is 3.43. The molecule has 0 N–H and O–H groups in total. The van der Waals surface area contributed by atoms with Gasteiger partial charge < -0.3 is 4.90 Å². The lowest BCUT2D eigenvalue weighted by Crippen LogP contribution is -2.50. The fourth-order valence-corrected chi connectivity index (χ4v) is 12.0. The van der Waals surface area contributed by atoms with E-state index in [0.29, 0.717) is 21.7 Å². The Hall–Kier alpha value is -0.870. The zero-order chi connectivity index (χ0) is 23.5. The van der Waals surface area contributed by atoms with Gasteiger partial charge in [-0.05, 0) is 99.7 Å². The van der Waals surface area contributed by atoms with Gasteiger partial charge >= 0.3 is 0 Å². The van der Waals surface area contributed by atoms with E-state index in [9.17, 15) is 4.79 Å². The molecule has 4 heteroatoms. The van der Waals surface area contributed by atoms with Gasteiger partial charge in [0.05, 0.1) is 4.08 Å². The minimum absolute atomic E-state index is 0.0996. The van der Waals surface area contributed by atoms with Crippen molar-refractivity contribution in [1.82, 2.24) is 0 Å². The average molecular weight is 496 g/mol. The third-order valence-electron chi connectivity index (χ3n) is 10.4. The molecular formula is C30H41NOS2. The van der Waals surface area contributed by atoms with E-state index in [0.717, 1.165) is 50.1 Å². The molecule has 1 aromatic rings. The number of nitrogens with zero attached hydrogens (tertiary/aromatic N) is 1. The topological polar surface area (TPSA) is 20.3 Å². The van der Waals surface area contributed by atoms with Crippen molar-refractivity contribution in [2.45, 2.75) is 75.7 Å². The van der Waals surface area contributed by atoms with Gasteiger partial charge in [0, 0.05) is 42.1 Å². The number of anilines is 1. The van der Waals surface area contributed by atoms with Crippen LogP contribution in [0.5, 0.6) is 0 Å². The Bertz CT molecular complexity index is 961. The van der Waals surface area contributed by atoms with Crippen LogP contribution >= 0.6 is 23.5 Å². The number of carbonyl (C=O) groups is 1. The van der Waals surface area contributed by atoms with Crippen molar-refractivity contribution in [3.63, 3.8) is 0 Å². The molecule has 6 atom stereocenters. The summed E-state index contributed by atoms with van der Waals surface area (Å²) in [6.45, 7) is 8.91. The number of allylic oxidation sites excluding steroid dienone is 1. The third kappa shape index (κ3) is 3.64. The molecule has 4 fully saturated rings. The molecule has 1 heterocycles. The molecule has 0 radical (unpaired) electrons. The van der Waals surface area contributed by atoms with Crippen LogP contribution in [0.3, 0.4) is 0 Å². The number of rotatable bonds is 4. The van der Waals surface area contributed by atoms with Gasteiger partial charge in [0.15, 0.2) is 0 Å². The summed E-state index contributed by atoms with van der Waals surface area (Å²) in [6.07, 6.45) is 11.1. The zero-order valence-corrected chi connectivity index (χ0v) is 22.9. The number of thioether (sulfide) groups is 2. The van der Waals surface area contributed by atoms with E-state index >= 15 is 0 Å². The summed E-state index contributed by atoms with van der Waals surface area (Å²) in [5.74, 6) is 6.50. The largest absolute Gasteiger partial charge is 0.372 e. The summed E-state index contributed by atoms with van der Waals surface area (Å²) < 4.78 is 0.381. The molecule has 3 saturated carbocycles. The van der Waals surface area contributed by atoms with E-state index in [1.54, 1.807) is 5.57 Å². The van der Waals surface area contributed by atoms with Crippen LogP contribution in [-0.2, 0) is 4.79 Å². The zero-order valence-electron chi connectivity index (χ0n) is 21.2. The van der Waals surface area contributed by atoms with E-state index in [1.807, 2.05) is 0 Å². The monoisotopic (exact) mass is 495 g/mol. The summed E-state index contributed by atoms with van der Waals surface area (Å²) in [7, 11) is 0. The van der Waals surface area contributed by atoms with Crippen LogP contribution in [0.15, 0.2) is 35.9 Å². The molecule has 2 nitrogen and oxygen atoms in total. The fourth-order valence-electron chi connectivity index (χ4n) is 8.77. The lowest BCUT2D eigenvalue weighted by molar-refractivity contribution is -0.132. The smallest absolute Gasteiger partial charge is 0.139 e. The molecule has 5 aliphatic rings. The van der Waals surface area contributed by atoms with Gasteiger partial charge in [0.1, 0.15) is 5.78 Å². The number of hydrogen-bond acceptors (Lipinski definition) is 4. The standard InChI is InChI=1S/C30H41NOS2/c1-4-31(5-2)22-9-6-20(7-10-22)25-19-29(3)26(12-13-27(29)32)24-11-8-21-18-30(33-16-17-34-30)15-14-23(21)28(24)25/h6-7,9-10,18,23-26,28H,4-5,8,11-17,19H2,1-3H3/t23-,24-,25+,26-,28+,29-/m0/s1. The Labute approximate surface area is 215 Å². The van der Waals surface area contributed by atoms with Crippen molar-refractivity contribution < 1.29 is 4.79 Å². The van der Waals surface area contributed by atoms with Crippen LogP contribution in [-0.4, -0.2) is 34.5 Å². The van der Waals surface area contributed by atoms with Gasteiger partial charge in [-0.25, -0.2) is 0 Å². The Morgan fingerprint density at radius 2 is 1.71 bits per heavy atom. The van der Waals surface area contributed by atoms with Crippen molar-refractivity contribution >= 4 is 35.0 Å². The lowest BCUT2D eigenvalue weighted by atomic mass is 9.48. The van der Waals surface area contributed by atoms with Crippen molar-refractivity contribution in [1.29, 1.82) is 0 Å². The Morgan fingerprint density at radius 3 is 2.41 bits per heavy atom. The predicted octanol–water partition coefficient (Wildman–Crippen LogP) is 7.54. The summed E-state index contributed by atoms with van der Waals surface area (Å²) >= 11 is 4.42. The first-order chi connectivity index (χ1) is 16.5. The van der Waals surface area contributed by atoms with Crippen LogP contribution in [0.25, 0.3) is 0 Å². The fraction of sp³-hybridized carbons (Fsp3) is 0.700. The first-order valence-electron chi connectivity index (χ1n) is 13.9. The number of hydrogen-bond donors (Lipinski definition) is 0. The van der Waals surface area contributed by atoms with E-state index in [2.05, 4.69) is 79.5 Å². The van der Waals surface area contributed by atoms with Gasteiger partial charge in [-0.3, -0.25) is 4.79 Å². The Morgan fingerprint density at radius 1 is 0.971 bits per heavy atom. The van der Waals surface area contributed by atoms with Gasteiger partial charge in [0.2, 0.25) is 0 Å². The minimum Gasteiger partial charge on any atom is -0.372 e. The molecule has 4 aliphatic carbocycles. The van der Waals surface area contributed by atoms with Crippen LogP contribution in [0.2, 0.25) is 0 Å². The molecule has 6 rings (SSSR count). The first-order valence-corrected chi connectivity index (χ1v) is 15.8. The van der Waals surface area contributed by atoms with Crippen molar-refractivity contribution in [2.75, 3.05) is 29.5 Å². The summed E-state index contributed by atoms with van der Waals surface area (Å²) in [6, 6.07) is 9.54. The second kappa shape index (κ2) is 8.91. The summed E-state index contributed by atoms with van der Waals surface area (Å²) in [4.78, 5) is 15.7.